The topological polar surface area (TPSA) is 9.23 Å². The molecule has 1 fully saturated rings. The van der Waals surface area contributed by atoms with Crippen LogP contribution in [0.4, 0.5) is 0 Å². The molecule has 1 nitrogen and oxygen atoms in total. The standard InChI is InChI=1S/C10H12.C5H8O/c1-2-9-7-4-5-8(6-7)10(9)3-1;1-3-5-6-4-2/h1-2,4-5,7-10H,3,6H2;3-4H,1-2,5H2. The predicted molar refractivity (Wildman–Crippen MR) is 67.8 cm³/mol. The molecular weight excluding hydrogens is 196 g/mol. The second kappa shape index (κ2) is 5.20. The number of hydrogen-bond acceptors (Lipinski definition) is 1. The summed E-state index contributed by atoms with van der Waals surface area (Å²) in [4.78, 5) is 0. The molecule has 0 N–H and O–H groups in total. The second-order valence-corrected chi connectivity index (χ2v) is 4.64. The summed E-state index contributed by atoms with van der Waals surface area (Å²) < 4.78 is 4.63. The molecule has 4 atom stereocenters. The highest BCUT2D eigenvalue weighted by Crippen LogP contribution is 2.52. The molecule has 0 aliphatic heterocycles. The maximum Gasteiger partial charge on any atom is 0.105 e. The normalized spacial score (nSPS) is 36.5. The van der Waals surface area contributed by atoms with Gasteiger partial charge in [0, 0.05) is 0 Å². The van der Waals surface area contributed by atoms with Crippen LogP contribution >= 0.6 is 0 Å². The molecule has 0 spiro atoms. The quantitative estimate of drug-likeness (QED) is 0.397. The molecule has 0 radical (unpaired) electrons. The van der Waals surface area contributed by atoms with Crippen LogP contribution in [-0.4, -0.2) is 6.61 Å². The monoisotopic (exact) mass is 216 g/mol. The lowest BCUT2D eigenvalue weighted by atomic mass is 9.86. The molecule has 0 aromatic rings. The van der Waals surface area contributed by atoms with Crippen molar-refractivity contribution in [2.45, 2.75) is 12.8 Å². The highest BCUT2D eigenvalue weighted by molar-refractivity contribution is 5.21. The molecule has 3 aliphatic carbocycles. The number of ether oxygens (including phenoxy) is 1. The zero-order valence-corrected chi connectivity index (χ0v) is 9.72. The van der Waals surface area contributed by atoms with Crippen LogP contribution in [0.3, 0.4) is 0 Å². The molecule has 1 saturated carbocycles. The van der Waals surface area contributed by atoms with Crippen LogP contribution < -0.4 is 0 Å². The minimum atomic E-state index is 0.559. The third-order valence-corrected chi connectivity index (χ3v) is 3.79. The van der Waals surface area contributed by atoms with Crippen molar-refractivity contribution in [3.8, 4) is 0 Å². The van der Waals surface area contributed by atoms with Crippen molar-refractivity contribution >= 4 is 0 Å². The molecule has 3 aliphatic rings. The molecule has 0 saturated heterocycles. The van der Waals surface area contributed by atoms with Crippen molar-refractivity contribution in [3.63, 3.8) is 0 Å². The van der Waals surface area contributed by atoms with E-state index in [9.17, 15) is 0 Å². The summed E-state index contributed by atoms with van der Waals surface area (Å²) in [5.74, 6) is 3.82. The van der Waals surface area contributed by atoms with Gasteiger partial charge in [0.2, 0.25) is 0 Å². The molecule has 86 valence electrons. The molecule has 0 heterocycles. The van der Waals surface area contributed by atoms with E-state index in [2.05, 4.69) is 42.2 Å². The Kier molecular flexibility index (Phi) is 3.66. The zero-order chi connectivity index (χ0) is 11.4. The third-order valence-electron chi connectivity index (χ3n) is 3.79. The first kappa shape index (κ1) is 11.3. The zero-order valence-electron chi connectivity index (χ0n) is 9.72. The van der Waals surface area contributed by atoms with Gasteiger partial charge in [0.15, 0.2) is 0 Å². The van der Waals surface area contributed by atoms with Crippen LogP contribution in [0.2, 0.25) is 0 Å². The van der Waals surface area contributed by atoms with Crippen molar-refractivity contribution in [1.82, 2.24) is 0 Å². The SMILES string of the molecule is C1=CC2C3C=CC(C3)C2C1.C=CCOC=C. The number of fused-ring (bicyclic) bond motifs is 5. The van der Waals surface area contributed by atoms with E-state index < -0.39 is 0 Å². The number of rotatable bonds is 3. The Hall–Kier alpha value is -1.24. The Morgan fingerprint density at radius 2 is 2.00 bits per heavy atom. The average molecular weight is 216 g/mol. The van der Waals surface area contributed by atoms with Crippen molar-refractivity contribution < 1.29 is 4.74 Å². The van der Waals surface area contributed by atoms with Crippen LogP contribution in [-0.2, 0) is 4.74 Å². The molecule has 2 bridgehead atoms. The van der Waals surface area contributed by atoms with E-state index >= 15 is 0 Å². The summed E-state index contributed by atoms with van der Waals surface area (Å²) in [6, 6.07) is 0. The molecule has 0 amide bonds. The fourth-order valence-electron chi connectivity index (χ4n) is 3.11. The highest BCUT2D eigenvalue weighted by atomic mass is 16.5. The van der Waals surface area contributed by atoms with Gasteiger partial charge in [0.05, 0.1) is 6.26 Å². The van der Waals surface area contributed by atoms with Gasteiger partial charge in [0.25, 0.3) is 0 Å². The molecule has 16 heavy (non-hydrogen) atoms. The van der Waals surface area contributed by atoms with Gasteiger partial charge in [-0.3, -0.25) is 0 Å². The maximum absolute atomic E-state index is 4.63. The Balaban J connectivity index is 0.000000142. The Morgan fingerprint density at radius 1 is 1.19 bits per heavy atom. The minimum Gasteiger partial charge on any atom is -0.498 e. The first-order valence-corrected chi connectivity index (χ1v) is 6.05. The number of allylic oxidation sites excluding steroid dienone is 4. The first-order chi connectivity index (χ1) is 7.86. The van der Waals surface area contributed by atoms with Crippen LogP contribution in [0.5, 0.6) is 0 Å². The van der Waals surface area contributed by atoms with Crippen LogP contribution in [0.1, 0.15) is 12.8 Å². The van der Waals surface area contributed by atoms with E-state index in [1.807, 2.05) is 0 Å². The lowest BCUT2D eigenvalue weighted by Crippen LogP contribution is -2.12. The van der Waals surface area contributed by atoms with Crippen molar-refractivity contribution in [1.29, 1.82) is 0 Å². The molecule has 1 heteroatoms. The first-order valence-electron chi connectivity index (χ1n) is 6.05. The molecular formula is C15H20O. The smallest absolute Gasteiger partial charge is 0.105 e. The van der Waals surface area contributed by atoms with E-state index in [4.69, 9.17) is 0 Å². The van der Waals surface area contributed by atoms with E-state index in [1.165, 1.54) is 19.1 Å². The van der Waals surface area contributed by atoms with E-state index in [0.717, 1.165) is 23.7 Å². The Morgan fingerprint density at radius 3 is 2.62 bits per heavy atom. The average Bonchev–Trinajstić information content (AvgIpc) is 2.98. The number of hydrogen-bond donors (Lipinski definition) is 0. The van der Waals surface area contributed by atoms with Crippen LogP contribution in [0, 0.1) is 23.7 Å². The maximum atomic E-state index is 4.63. The van der Waals surface area contributed by atoms with E-state index in [1.54, 1.807) is 6.08 Å². The van der Waals surface area contributed by atoms with Crippen molar-refractivity contribution in [2.24, 2.45) is 23.7 Å². The van der Waals surface area contributed by atoms with Crippen LogP contribution in [0.15, 0.2) is 49.8 Å². The molecule has 3 rings (SSSR count). The van der Waals surface area contributed by atoms with Gasteiger partial charge in [-0.15, -0.1) is 0 Å². The third kappa shape index (κ3) is 2.13. The van der Waals surface area contributed by atoms with E-state index in [0.29, 0.717) is 6.61 Å². The summed E-state index contributed by atoms with van der Waals surface area (Å²) >= 11 is 0. The minimum absolute atomic E-state index is 0.559. The van der Waals surface area contributed by atoms with Crippen molar-refractivity contribution in [3.05, 3.63) is 49.8 Å². The Bertz CT molecular complexity index is 305. The van der Waals surface area contributed by atoms with Gasteiger partial charge < -0.3 is 4.74 Å². The summed E-state index contributed by atoms with van der Waals surface area (Å²) in [5, 5.41) is 0. The van der Waals surface area contributed by atoms with Gasteiger partial charge >= 0.3 is 0 Å². The lowest BCUT2D eigenvalue weighted by Gasteiger charge is -2.18. The summed E-state index contributed by atoms with van der Waals surface area (Å²) in [6.07, 6.45) is 15.6. The van der Waals surface area contributed by atoms with Gasteiger partial charge in [-0.1, -0.05) is 43.5 Å². The van der Waals surface area contributed by atoms with Gasteiger partial charge in [-0.05, 0) is 36.5 Å². The fourth-order valence-corrected chi connectivity index (χ4v) is 3.11. The van der Waals surface area contributed by atoms with Gasteiger partial charge in [-0.25, -0.2) is 0 Å². The fraction of sp³-hybridized carbons (Fsp3) is 0.467. The van der Waals surface area contributed by atoms with E-state index in [-0.39, 0.29) is 0 Å². The highest BCUT2D eigenvalue weighted by Gasteiger charge is 2.44. The van der Waals surface area contributed by atoms with Gasteiger partial charge in [0.1, 0.15) is 6.61 Å². The molecule has 0 aromatic carbocycles. The van der Waals surface area contributed by atoms with Crippen LogP contribution in [0.25, 0.3) is 0 Å². The second-order valence-electron chi connectivity index (χ2n) is 4.64. The predicted octanol–water partition coefficient (Wildman–Crippen LogP) is 3.72. The lowest BCUT2D eigenvalue weighted by molar-refractivity contribution is 0.291. The summed E-state index contributed by atoms with van der Waals surface area (Å²) in [7, 11) is 0. The van der Waals surface area contributed by atoms with Crippen molar-refractivity contribution in [2.75, 3.05) is 6.61 Å². The molecule has 0 aromatic heterocycles. The summed E-state index contributed by atoms with van der Waals surface area (Å²) in [6.45, 7) is 7.31. The van der Waals surface area contributed by atoms with Gasteiger partial charge in [-0.2, -0.15) is 0 Å². The Labute approximate surface area is 98.2 Å². The largest absolute Gasteiger partial charge is 0.498 e. The molecule has 4 unspecified atom stereocenters. The summed E-state index contributed by atoms with van der Waals surface area (Å²) in [5.41, 5.74) is 0.